The molecule has 2 amide bonds. The van der Waals surface area contributed by atoms with E-state index in [1.807, 2.05) is 27.7 Å². The lowest BCUT2D eigenvalue weighted by Crippen LogP contribution is -2.53. The van der Waals surface area contributed by atoms with E-state index in [1.165, 1.54) is 47.9 Å². The number of carbonyl (C=O) groups is 4. The summed E-state index contributed by atoms with van der Waals surface area (Å²) in [6, 6.07) is 5.86. The minimum absolute atomic E-state index is 0.0498. The summed E-state index contributed by atoms with van der Waals surface area (Å²) in [5.41, 5.74) is 0.329. The summed E-state index contributed by atoms with van der Waals surface area (Å²) in [6.07, 6.45) is 1.97. The van der Waals surface area contributed by atoms with Crippen molar-refractivity contribution in [3.05, 3.63) is 56.1 Å². The molecular weight excluding hydrogens is 660 g/mol. The molecule has 256 valence electrons. The summed E-state index contributed by atoms with van der Waals surface area (Å²) in [7, 11) is 0. The maximum atomic E-state index is 13.4. The second-order valence-corrected chi connectivity index (χ2v) is 13.8. The Bertz CT molecular complexity index is 1790. The third-order valence-electron chi connectivity index (χ3n) is 8.86. The SMILES string of the molecule is CCSC1=CC(=O)N(CCCCCC(=O)c2c3oc4cc(OC5OC(CC)C(C)C(C)C5OC(C)=O)c(Cl)cc4nc-3ccc2=O)C1=O. The van der Waals surface area contributed by atoms with Gasteiger partial charge >= 0.3 is 5.97 Å². The molecule has 0 N–H and O–H groups in total. The summed E-state index contributed by atoms with van der Waals surface area (Å²) in [5.74, 6) is -0.456. The highest BCUT2D eigenvalue weighted by molar-refractivity contribution is 8.04. The van der Waals surface area contributed by atoms with Crippen LogP contribution >= 0.6 is 23.4 Å². The minimum Gasteiger partial charge on any atom is -0.459 e. The molecule has 13 heteroatoms. The molecule has 1 aromatic carbocycles. The molecule has 4 aliphatic rings. The molecule has 1 fully saturated rings. The number of thioether (sulfide) groups is 1. The van der Waals surface area contributed by atoms with Crippen LogP contribution in [0.15, 0.2) is 44.5 Å². The van der Waals surface area contributed by atoms with E-state index in [4.69, 9.17) is 30.2 Å². The maximum absolute atomic E-state index is 13.4. The van der Waals surface area contributed by atoms with E-state index in [2.05, 4.69) is 4.98 Å². The molecule has 0 spiro atoms. The van der Waals surface area contributed by atoms with Crippen LogP contribution in [0.2, 0.25) is 5.02 Å². The molecule has 0 saturated carbocycles. The number of benzene rings is 2. The zero-order valence-corrected chi connectivity index (χ0v) is 29.2. The summed E-state index contributed by atoms with van der Waals surface area (Å²) >= 11 is 7.95. The largest absolute Gasteiger partial charge is 0.459 e. The first kappa shape index (κ1) is 35.6. The first-order valence-electron chi connectivity index (χ1n) is 16.2. The fraction of sp³-hybridized carbons (Fsp3) is 0.486. The fourth-order valence-corrected chi connectivity index (χ4v) is 7.08. The van der Waals surface area contributed by atoms with E-state index in [0.29, 0.717) is 41.1 Å². The predicted molar refractivity (Wildman–Crippen MR) is 181 cm³/mol. The Kier molecular flexibility index (Phi) is 11.3. The number of imide groups is 1. The van der Waals surface area contributed by atoms with Gasteiger partial charge in [0.25, 0.3) is 11.8 Å². The third kappa shape index (κ3) is 7.45. The molecule has 5 rings (SSSR count). The zero-order chi connectivity index (χ0) is 34.7. The van der Waals surface area contributed by atoms with Gasteiger partial charge in [0.1, 0.15) is 22.5 Å². The van der Waals surface area contributed by atoms with E-state index in [9.17, 15) is 24.0 Å². The number of nitrogens with zero attached hydrogens (tertiary/aromatic N) is 2. The molecule has 0 bridgehead atoms. The van der Waals surface area contributed by atoms with Crippen LogP contribution in [0.5, 0.6) is 5.75 Å². The number of amides is 2. The van der Waals surface area contributed by atoms with E-state index < -0.39 is 29.6 Å². The summed E-state index contributed by atoms with van der Waals surface area (Å²) in [5, 5.41) is 0.222. The second-order valence-electron chi connectivity index (χ2n) is 12.1. The smallest absolute Gasteiger partial charge is 0.303 e. The molecule has 5 atom stereocenters. The van der Waals surface area contributed by atoms with Gasteiger partial charge in [-0.3, -0.25) is 28.9 Å². The molecule has 5 unspecified atom stereocenters. The average molecular weight is 699 g/mol. The van der Waals surface area contributed by atoms with Crippen molar-refractivity contribution in [1.82, 2.24) is 9.88 Å². The average Bonchev–Trinajstić information content (AvgIpc) is 3.31. The van der Waals surface area contributed by atoms with Crippen LogP contribution in [-0.4, -0.2) is 64.2 Å². The van der Waals surface area contributed by atoms with Crippen LogP contribution in [0, 0.1) is 11.8 Å². The van der Waals surface area contributed by atoms with Crippen LogP contribution in [-0.2, 0) is 23.9 Å². The van der Waals surface area contributed by atoms with Crippen LogP contribution in [0.1, 0.15) is 77.1 Å². The van der Waals surface area contributed by atoms with Crippen molar-refractivity contribution in [3.63, 3.8) is 0 Å². The highest BCUT2D eigenvalue weighted by Crippen LogP contribution is 2.39. The molecule has 3 aliphatic heterocycles. The number of hydrogen-bond acceptors (Lipinski definition) is 11. The van der Waals surface area contributed by atoms with E-state index in [0.717, 1.165) is 6.42 Å². The maximum Gasteiger partial charge on any atom is 0.303 e. The summed E-state index contributed by atoms with van der Waals surface area (Å²) in [4.78, 5) is 69.1. The van der Waals surface area contributed by atoms with E-state index in [-0.39, 0.29) is 70.4 Å². The van der Waals surface area contributed by atoms with Gasteiger partial charge in [0.05, 0.1) is 16.0 Å². The molecule has 11 nitrogen and oxygen atoms in total. The van der Waals surface area contributed by atoms with Crippen LogP contribution in [0.4, 0.5) is 0 Å². The van der Waals surface area contributed by atoms with Gasteiger partial charge in [0.15, 0.2) is 28.7 Å². The van der Waals surface area contributed by atoms with Crippen molar-refractivity contribution in [2.75, 3.05) is 12.3 Å². The predicted octanol–water partition coefficient (Wildman–Crippen LogP) is 6.41. The number of aromatic nitrogens is 1. The number of rotatable bonds is 13. The molecule has 1 aromatic rings. The summed E-state index contributed by atoms with van der Waals surface area (Å²) in [6.45, 7) is 9.56. The van der Waals surface area contributed by atoms with Crippen LogP contribution in [0.25, 0.3) is 22.6 Å². The van der Waals surface area contributed by atoms with Crippen molar-refractivity contribution in [3.8, 4) is 17.2 Å². The molecule has 0 radical (unpaired) electrons. The van der Waals surface area contributed by atoms with Crippen molar-refractivity contribution in [1.29, 1.82) is 0 Å². The molecule has 1 aliphatic carbocycles. The monoisotopic (exact) mass is 698 g/mol. The first-order chi connectivity index (χ1) is 22.9. The van der Waals surface area contributed by atoms with E-state index >= 15 is 0 Å². The lowest BCUT2D eigenvalue weighted by atomic mass is 9.82. The zero-order valence-electron chi connectivity index (χ0n) is 27.6. The first-order valence-corrected chi connectivity index (χ1v) is 17.6. The fourth-order valence-electron chi connectivity index (χ4n) is 6.15. The Balaban J connectivity index is 1.32. The van der Waals surface area contributed by atoms with Crippen LogP contribution < -0.4 is 10.2 Å². The van der Waals surface area contributed by atoms with Crippen LogP contribution in [0.3, 0.4) is 0 Å². The Labute approximate surface area is 287 Å². The van der Waals surface area contributed by atoms with Gasteiger partial charge in [-0.1, -0.05) is 45.7 Å². The van der Waals surface area contributed by atoms with E-state index in [1.54, 1.807) is 6.07 Å². The number of Topliss-reactive ketones (excluding diaryl/α,β-unsaturated/α-hetero) is 1. The van der Waals surface area contributed by atoms with Gasteiger partial charge in [-0.25, -0.2) is 4.98 Å². The molecule has 3 heterocycles. The molecule has 1 saturated heterocycles. The number of esters is 1. The Hall–Kier alpha value is -3.74. The van der Waals surface area contributed by atoms with Gasteiger partial charge in [-0.2, -0.15) is 0 Å². The summed E-state index contributed by atoms with van der Waals surface area (Å²) < 4.78 is 24.2. The number of ether oxygens (including phenoxy) is 3. The Morgan fingerprint density at radius 3 is 2.54 bits per heavy atom. The standard InChI is InChI=1S/C35H39ClN2O9S/c1-6-26-18(3)19(4)32(44-20(5)39)35(46-26)47-27-16-28-23(15-21(27)36)37-22-12-13-25(41)31(33(22)45-28)24(40)11-9-8-10-14-38-30(42)17-29(34(38)43)48-7-2/h12-13,15-19,26,32,35H,6-11,14H2,1-5H3. The Morgan fingerprint density at radius 2 is 1.83 bits per heavy atom. The van der Waals surface area contributed by atoms with Crippen molar-refractivity contribution >= 4 is 58.0 Å². The lowest BCUT2D eigenvalue weighted by Gasteiger charge is -2.43. The van der Waals surface area contributed by atoms with Crippen molar-refractivity contribution in [2.45, 2.75) is 85.2 Å². The molecule has 48 heavy (non-hydrogen) atoms. The van der Waals surface area contributed by atoms with Gasteiger partial charge < -0.3 is 18.6 Å². The number of hydrogen-bond donors (Lipinski definition) is 0. The topological polar surface area (TPSA) is 142 Å². The van der Waals surface area contributed by atoms with Crippen molar-refractivity contribution < 1.29 is 37.8 Å². The number of ketones is 1. The van der Waals surface area contributed by atoms with Gasteiger partial charge in [0.2, 0.25) is 6.29 Å². The quantitative estimate of drug-likeness (QED) is 0.0642. The van der Waals surface area contributed by atoms with Gasteiger partial charge in [0, 0.05) is 37.9 Å². The number of fused-ring (bicyclic) bond motifs is 2. The van der Waals surface area contributed by atoms with Gasteiger partial charge in [-0.15, -0.1) is 11.8 Å². The Morgan fingerprint density at radius 1 is 1.06 bits per heavy atom. The number of carbonyl (C=O) groups excluding carboxylic acids is 4. The third-order valence-corrected chi connectivity index (χ3v) is 10.1. The number of unbranched alkanes of at least 4 members (excludes halogenated alkanes) is 2. The van der Waals surface area contributed by atoms with Gasteiger partial charge in [-0.05, 0) is 49.1 Å². The number of halogens is 1. The van der Waals surface area contributed by atoms with Crippen molar-refractivity contribution in [2.24, 2.45) is 11.8 Å². The second kappa shape index (κ2) is 15.2. The molecular formula is C35H39ClN2O9S. The highest BCUT2D eigenvalue weighted by atomic mass is 35.5. The lowest BCUT2D eigenvalue weighted by molar-refractivity contribution is -0.246. The normalized spacial score (nSPS) is 22.8. The molecule has 0 aromatic heterocycles. The minimum atomic E-state index is -0.936. The highest BCUT2D eigenvalue weighted by Gasteiger charge is 2.44.